The molecule has 0 aliphatic carbocycles. The molecule has 0 heterocycles. The van der Waals surface area contributed by atoms with E-state index >= 15 is 0 Å². The Morgan fingerprint density at radius 1 is 0.955 bits per heavy atom. The lowest BCUT2D eigenvalue weighted by molar-refractivity contribution is -0.135. The molecule has 1 rings (SSSR count). The Morgan fingerprint density at radius 3 is 2.23 bits per heavy atom. The molecule has 0 atom stereocenters. The van der Waals surface area contributed by atoms with Crippen LogP contribution in [0.5, 0.6) is 5.75 Å². The van der Waals surface area contributed by atoms with Gasteiger partial charge in [0.15, 0.2) is 0 Å². The molecule has 1 aromatic carbocycles. The number of unbranched alkanes of at least 4 members (excludes halogenated alkanes) is 6. The molecule has 6 heteroatoms. The van der Waals surface area contributed by atoms with Gasteiger partial charge >= 0.3 is 6.18 Å². The summed E-state index contributed by atoms with van der Waals surface area (Å²) < 4.78 is 35.8. The maximum atomic E-state index is 11.9. The van der Waals surface area contributed by atoms with Crippen LogP contribution < -0.4 is 16.3 Å². The van der Waals surface area contributed by atoms with Crippen LogP contribution in [0, 0.1) is 0 Å². The van der Waals surface area contributed by atoms with E-state index in [0.717, 1.165) is 38.5 Å². The summed E-state index contributed by atoms with van der Waals surface area (Å²) in [5.74, 6) is 5.77. The van der Waals surface area contributed by atoms with Gasteiger partial charge in [0.2, 0.25) is 0 Å². The fraction of sp³-hybridized carbons (Fsp3) is 0.625. The van der Waals surface area contributed by atoms with E-state index in [9.17, 15) is 13.2 Å². The van der Waals surface area contributed by atoms with Gasteiger partial charge in [0, 0.05) is 6.42 Å². The number of hydrazine groups is 1. The third-order valence-corrected chi connectivity index (χ3v) is 3.50. The Labute approximate surface area is 130 Å². The van der Waals surface area contributed by atoms with Crippen LogP contribution in [-0.4, -0.2) is 6.18 Å². The molecule has 0 saturated heterocycles. The predicted octanol–water partition coefficient (Wildman–Crippen LogP) is 4.67. The highest BCUT2D eigenvalue weighted by atomic mass is 19.4. The largest absolute Gasteiger partial charge is 0.394 e. The molecule has 126 valence electrons. The van der Waals surface area contributed by atoms with Crippen LogP contribution in [0.3, 0.4) is 0 Å². The van der Waals surface area contributed by atoms with Crippen molar-refractivity contribution < 1.29 is 18.0 Å². The minimum absolute atomic E-state index is 0.255. The van der Waals surface area contributed by atoms with Crippen LogP contribution >= 0.6 is 0 Å². The molecule has 0 bridgehead atoms. The standard InChI is InChI=1S/C16H25F3N2O/c17-16(18,19)12-7-5-3-1-2-4-6-9-14-10-8-11-15(13-14)22-21-20/h8,10-11,13,21H,1-7,9,12,20H2. The van der Waals surface area contributed by atoms with E-state index in [0.29, 0.717) is 12.2 Å². The van der Waals surface area contributed by atoms with Gasteiger partial charge in [0.25, 0.3) is 0 Å². The first-order valence-corrected chi connectivity index (χ1v) is 7.79. The third kappa shape index (κ3) is 9.63. The number of hydrogen-bond donors (Lipinski definition) is 2. The Hall–Kier alpha value is -1.27. The molecular weight excluding hydrogens is 293 g/mol. The predicted molar refractivity (Wildman–Crippen MR) is 81.1 cm³/mol. The summed E-state index contributed by atoms with van der Waals surface area (Å²) in [6.07, 6.45) is 2.39. The van der Waals surface area contributed by atoms with Gasteiger partial charge in [-0.2, -0.15) is 13.2 Å². The van der Waals surface area contributed by atoms with Crippen molar-refractivity contribution in [1.29, 1.82) is 0 Å². The summed E-state index contributed by atoms with van der Waals surface area (Å²) >= 11 is 0. The van der Waals surface area contributed by atoms with Gasteiger partial charge in [-0.1, -0.05) is 49.8 Å². The zero-order valence-electron chi connectivity index (χ0n) is 12.8. The van der Waals surface area contributed by atoms with Gasteiger partial charge in [-0.15, -0.1) is 0 Å². The number of rotatable bonds is 11. The van der Waals surface area contributed by atoms with E-state index in [4.69, 9.17) is 10.7 Å². The van der Waals surface area contributed by atoms with Crippen LogP contribution in [0.15, 0.2) is 24.3 Å². The second kappa shape index (κ2) is 10.5. The number of nitrogens with two attached hydrogens (primary N) is 1. The SMILES string of the molecule is NNOc1cccc(CCCCCCCCCC(F)(F)F)c1. The normalized spacial score (nSPS) is 11.6. The molecular formula is C16H25F3N2O. The molecule has 3 nitrogen and oxygen atoms in total. The van der Waals surface area contributed by atoms with E-state index in [-0.39, 0.29) is 6.42 Å². The first-order chi connectivity index (χ1) is 10.5. The molecule has 0 fully saturated rings. The lowest BCUT2D eigenvalue weighted by Gasteiger charge is -2.06. The molecule has 0 radical (unpaired) electrons. The van der Waals surface area contributed by atoms with E-state index in [1.54, 1.807) is 0 Å². The molecule has 0 spiro atoms. The monoisotopic (exact) mass is 318 g/mol. The second-order valence-corrected chi connectivity index (χ2v) is 5.46. The van der Waals surface area contributed by atoms with Gasteiger partial charge < -0.3 is 4.84 Å². The summed E-state index contributed by atoms with van der Waals surface area (Å²) in [5, 5.41) is 0. The summed E-state index contributed by atoms with van der Waals surface area (Å²) in [6, 6.07) is 7.73. The van der Waals surface area contributed by atoms with Gasteiger partial charge in [0.05, 0.1) is 0 Å². The fourth-order valence-electron chi connectivity index (χ4n) is 2.37. The first-order valence-electron chi connectivity index (χ1n) is 7.79. The van der Waals surface area contributed by atoms with Gasteiger partial charge in [-0.25, -0.2) is 5.84 Å². The van der Waals surface area contributed by atoms with Crippen molar-refractivity contribution in [2.45, 2.75) is 64.0 Å². The van der Waals surface area contributed by atoms with Gasteiger partial charge in [0.1, 0.15) is 5.75 Å². The maximum absolute atomic E-state index is 11.9. The first kappa shape index (κ1) is 18.8. The van der Waals surface area contributed by atoms with E-state index in [1.807, 2.05) is 24.3 Å². The molecule has 1 aromatic rings. The van der Waals surface area contributed by atoms with Crippen molar-refractivity contribution in [1.82, 2.24) is 5.59 Å². The molecule has 0 aliphatic rings. The average molecular weight is 318 g/mol. The minimum Gasteiger partial charge on any atom is -0.394 e. The van der Waals surface area contributed by atoms with Crippen LogP contribution in [0.1, 0.15) is 56.9 Å². The number of aryl methyl sites for hydroxylation is 1. The Kier molecular flexibility index (Phi) is 8.92. The number of benzene rings is 1. The number of nitrogens with one attached hydrogen (secondary N) is 1. The van der Waals surface area contributed by atoms with Crippen LogP contribution in [0.25, 0.3) is 0 Å². The molecule has 0 aromatic heterocycles. The molecule has 0 unspecified atom stereocenters. The third-order valence-electron chi connectivity index (χ3n) is 3.50. The molecule has 0 aliphatic heterocycles. The molecule has 0 amide bonds. The van der Waals surface area contributed by atoms with E-state index in [2.05, 4.69) is 5.59 Å². The minimum atomic E-state index is -4.00. The zero-order valence-corrected chi connectivity index (χ0v) is 12.8. The van der Waals surface area contributed by atoms with Crippen LogP contribution in [0.4, 0.5) is 13.2 Å². The Morgan fingerprint density at radius 2 is 1.59 bits per heavy atom. The van der Waals surface area contributed by atoms with Crippen molar-refractivity contribution in [2.24, 2.45) is 5.84 Å². The highest BCUT2D eigenvalue weighted by molar-refractivity contribution is 5.28. The summed E-state index contributed by atoms with van der Waals surface area (Å²) in [7, 11) is 0. The van der Waals surface area contributed by atoms with Crippen molar-refractivity contribution >= 4 is 0 Å². The highest BCUT2D eigenvalue weighted by Crippen LogP contribution is 2.23. The molecule has 0 saturated carbocycles. The van der Waals surface area contributed by atoms with E-state index < -0.39 is 12.6 Å². The van der Waals surface area contributed by atoms with Gasteiger partial charge in [-0.05, 0) is 37.0 Å². The van der Waals surface area contributed by atoms with Crippen molar-refractivity contribution in [3.63, 3.8) is 0 Å². The Balaban J connectivity index is 2.00. The lowest BCUT2D eigenvalue weighted by atomic mass is 10.0. The fourth-order valence-corrected chi connectivity index (χ4v) is 2.37. The summed E-state index contributed by atoms with van der Waals surface area (Å²) in [4.78, 5) is 5.00. The van der Waals surface area contributed by atoms with Crippen molar-refractivity contribution in [3.8, 4) is 5.75 Å². The zero-order chi connectivity index (χ0) is 16.3. The quantitative estimate of drug-likeness (QED) is 0.354. The van der Waals surface area contributed by atoms with Gasteiger partial charge in [-0.3, -0.25) is 0 Å². The lowest BCUT2D eigenvalue weighted by Crippen LogP contribution is -2.25. The summed E-state index contributed by atoms with van der Waals surface area (Å²) in [6.45, 7) is 0. The number of alkyl halides is 3. The maximum Gasteiger partial charge on any atom is 0.389 e. The number of hydrogen-bond acceptors (Lipinski definition) is 3. The average Bonchev–Trinajstić information content (AvgIpc) is 2.45. The van der Waals surface area contributed by atoms with E-state index in [1.165, 1.54) is 5.56 Å². The van der Waals surface area contributed by atoms with Crippen molar-refractivity contribution in [2.75, 3.05) is 0 Å². The van der Waals surface area contributed by atoms with Crippen molar-refractivity contribution in [3.05, 3.63) is 29.8 Å². The molecule has 22 heavy (non-hydrogen) atoms. The molecule has 3 N–H and O–H groups in total. The highest BCUT2D eigenvalue weighted by Gasteiger charge is 2.25. The number of halogens is 3. The Bertz CT molecular complexity index is 411. The smallest absolute Gasteiger partial charge is 0.389 e. The van der Waals surface area contributed by atoms with Crippen LogP contribution in [-0.2, 0) is 6.42 Å². The second-order valence-electron chi connectivity index (χ2n) is 5.46. The van der Waals surface area contributed by atoms with Crippen LogP contribution in [0.2, 0.25) is 0 Å². The summed E-state index contributed by atoms with van der Waals surface area (Å²) in [5.41, 5.74) is 3.34. The topological polar surface area (TPSA) is 47.3 Å².